The van der Waals surface area contributed by atoms with Gasteiger partial charge in [-0.05, 0) is 60.8 Å². The number of carboxylic acids is 1. The van der Waals surface area contributed by atoms with Crippen LogP contribution in [0.25, 0.3) is 11.3 Å². The second kappa shape index (κ2) is 13.1. The van der Waals surface area contributed by atoms with E-state index in [4.69, 9.17) is 21.5 Å². The molecule has 5 nitrogen and oxygen atoms in total. The molecule has 10 heteroatoms. The fourth-order valence-electron chi connectivity index (χ4n) is 4.87. The summed E-state index contributed by atoms with van der Waals surface area (Å²) in [5.74, 6) is -2.38. The number of hydrogen-bond donors (Lipinski definition) is 2. The number of H-pyrrole nitrogens is 1. The monoisotopic (exact) mass is 573 g/mol. The first kappa shape index (κ1) is 29.3. The number of piperidine rings is 1. The van der Waals surface area contributed by atoms with Crippen LogP contribution in [0.1, 0.15) is 35.1 Å². The van der Waals surface area contributed by atoms with Gasteiger partial charge in [-0.25, -0.2) is 9.18 Å². The lowest BCUT2D eigenvalue weighted by molar-refractivity contribution is -0.192. The zero-order valence-corrected chi connectivity index (χ0v) is 22.2. The van der Waals surface area contributed by atoms with Gasteiger partial charge in [0.15, 0.2) is 0 Å². The molecule has 0 radical (unpaired) electrons. The summed E-state index contributed by atoms with van der Waals surface area (Å²) in [6, 6.07) is 27.6. The molecule has 1 aliphatic heterocycles. The van der Waals surface area contributed by atoms with Crippen LogP contribution in [0.4, 0.5) is 17.6 Å². The molecule has 0 spiro atoms. The molecule has 2 unspecified atom stereocenters. The van der Waals surface area contributed by atoms with Crippen molar-refractivity contribution in [3.8, 4) is 11.3 Å². The topological polar surface area (TPSA) is 69.2 Å². The number of rotatable bonds is 6. The number of hydrogen-bond acceptors (Lipinski definition) is 3. The number of carbonyl (C=O) groups is 1. The number of halogens is 5. The third-order valence-corrected chi connectivity index (χ3v) is 7.19. The molecule has 4 aromatic rings. The summed E-state index contributed by atoms with van der Waals surface area (Å²) in [7, 11) is 0. The first-order valence-electron chi connectivity index (χ1n) is 12.7. The quantitative estimate of drug-likeness (QED) is 0.237. The number of aromatic nitrogens is 2. The summed E-state index contributed by atoms with van der Waals surface area (Å²) in [6.45, 7) is 3.00. The lowest BCUT2D eigenvalue weighted by Crippen LogP contribution is -2.39. The maximum atomic E-state index is 13.6. The molecule has 2 atom stereocenters. The molecule has 5 rings (SSSR count). The zero-order valence-electron chi connectivity index (χ0n) is 21.4. The van der Waals surface area contributed by atoms with E-state index < -0.39 is 12.1 Å². The van der Waals surface area contributed by atoms with Crippen molar-refractivity contribution in [2.45, 2.75) is 30.9 Å². The predicted molar refractivity (Wildman–Crippen MR) is 146 cm³/mol. The molecule has 2 heterocycles. The van der Waals surface area contributed by atoms with Gasteiger partial charge in [0.2, 0.25) is 0 Å². The van der Waals surface area contributed by atoms with Gasteiger partial charge in [-0.1, -0.05) is 66.2 Å². The molecule has 1 aliphatic rings. The number of aromatic amines is 1. The third-order valence-electron chi connectivity index (χ3n) is 6.93. The lowest BCUT2D eigenvalue weighted by atomic mass is 9.78. The molecule has 3 aromatic carbocycles. The minimum absolute atomic E-state index is 0.196. The molecule has 0 aliphatic carbocycles. The van der Waals surface area contributed by atoms with Crippen molar-refractivity contribution in [3.05, 3.63) is 113 Å². The molecule has 1 aromatic heterocycles. The molecule has 0 bridgehead atoms. The van der Waals surface area contributed by atoms with Crippen molar-refractivity contribution in [1.29, 1.82) is 0 Å². The van der Waals surface area contributed by atoms with Crippen molar-refractivity contribution < 1.29 is 27.5 Å². The van der Waals surface area contributed by atoms with E-state index in [0.29, 0.717) is 10.9 Å². The number of carboxylic acid groups (broad SMARTS) is 1. The van der Waals surface area contributed by atoms with Crippen LogP contribution in [-0.4, -0.2) is 52.0 Å². The maximum Gasteiger partial charge on any atom is 0.490 e. The predicted octanol–water partition coefficient (Wildman–Crippen LogP) is 7.32. The fourth-order valence-corrected chi connectivity index (χ4v) is 5.00. The number of likely N-dealkylation sites (tertiary alicyclic amines) is 1. The van der Waals surface area contributed by atoms with E-state index in [2.05, 4.69) is 51.5 Å². The van der Waals surface area contributed by atoms with Crippen LogP contribution in [0, 0.1) is 5.82 Å². The van der Waals surface area contributed by atoms with Gasteiger partial charge in [0.25, 0.3) is 0 Å². The summed E-state index contributed by atoms with van der Waals surface area (Å²) >= 11 is 6.04. The highest BCUT2D eigenvalue weighted by molar-refractivity contribution is 6.30. The van der Waals surface area contributed by atoms with Gasteiger partial charge >= 0.3 is 12.1 Å². The van der Waals surface area contributed by atoms with Gasteiger partial charge in [0.05, 0.1) is 5.69 Å². The number of alkyl halides is 3. The van der Waals surface area contributed by atoms with Crippen molar-refractivity contribution >= 4 is 17.6 Å². The number of benzene rings is 3. The van der Waals surface area contributed by atoms with Gasteiger partial charge in [-0.15, -0.1) is 0 Å². The molecule has 210 valence electrons. The largest absolute Gasteiger partial charge is 0.490 e. The second-order valence-corrected chi connectivity index (χ2v) is 10.0. The lowest BCUT2D eigenvalue weighted by Gasteiger charge is -2.38. The molecule has 0 amide bonds. The Balaban J connectivity index is 0.000000470. The Morgan fingerprint density at radius 1 is 1.00 bits per heavy atom. The van der Waals surface area contributed by atoms with Crippen molar-refractivity contribution in [3.63, 3.8) is 0 Å². The van der Waals surface area contributed by atoms with Crippen LogP contribution >= 0.6 is 11.6 Å². The Labute approximate surface area is 234 Å². The van der Waals surface area contributed by atoms with Crippen molar-refractivity contribution in [1.82, 2.24) is 15.1 Å². The maximum absolute atomic E-state index is 13.6. The van der Waals surface area contributed by atoms with Crippen LogP contribution in [-0.2, 0) is 11.2 Å². The Bertz CT molecular complexity index is 1380. The van der Waals surface area contributed by atoms with Crippen LogP contribution in [0.5, 0.6) is 0 Å². The summed E-state index contributed by atoms with van der Waals surface area (Å²) in [4.78, 5) is 11.4. The van der Waals surface area contributed by atoms with Gasteiger partial charge < -0.3 is 10.0 Å². The minimum atomic E-state index is -5.08. The zero-order chi connectivity index (χ0) is 28.7. The van der Waals surface area contributed by atoms with Crippen LogP contribution < -0.4 is 0 Å². The van der Waals surface area contributed by atoms with Crippen LogP contribution in [0.3, 0.4) is 0 Å². The van der Waals surface area contributed by atoms with Gasteiger partial charge in [0, 0.05) is 41.2 Å². The molecule has 1 fully saturated rings. The third kappa shape index (κ3) is 7.92. The Morgan fingerprint density at radius 3 is 2.27 bits per heavy atom. The first-order chi connectivity index (χ1) is 19.1. The number of nitrogens with one attached hydrogen (secondary N) is 1. The van der Waals surface area contributed by atoms with Crippen LogP contribution in [0.2, 0.25) is 5.02 Å². The van der Waals surface area contributed by atoms with E-state index in [9.17, 15) is 17.6 Å². The van der Waals surface area contributed by atoms with E-state index >= 15 is 0 Å². The number of aliphatic carboxylic acids is 1. The van der Waals surface area contributed by atoms with E-state index in [-0.39, 0.29) is 11.7 Å². The average molecular weight is 574 g/mol. The van der Waals surface area contributed by atoms with E-state index in [0.717, 1.165) is 49.4 Å². The normalized spacial score (nSPS) is 17.6. The van der Waals surface area contributed by atoms with Gasteiger partial charge in [-0.2, -0.15) is 18.3 Å². The Hall–Kier alpha value is -3.69. The van der Waals surface area contributed by atoms with Crippen LogP contribution in [0.15, 0.2) is 84.9 Å². The Kier molecular flexibility index (Phi) is 9.60. The molecular weight excluding hydrogens is 546 g/mol. The Morgan fingerprint density at radius 2 is 1.65 bits per heavy atom. The van der Waals surface area contributed by atoms with E-state index in [1.54, 1.807) is 12.1 Å². The first-order valence-corrected chi connectivity index (χ1v) is 13.1. The second-order valence-electron chi connectivity index (χ2n) is 9.61. The summed E-state index contributed by atoms with van der Waals surface area (Å²) in [5.41, 5.74) is 5.64. The molecule has 0 saturated carbocycles. The summed E-state index contributed by atoms with van der Waals surface area (Å²) < 4.78 is 45.4. The van der Waals surface area contributed by atoms with Crippen molar-refractivity contribution in [2.24, 2.45) is 0 Å². The van der Waals surface area contributed by atoms with E-state index in [1.807, 2.05) is 36.4 Å². The highest BCUT2D eigenvalue weighted by Crippen LogP contribution is 2.40. The van der Waals surface area contributed by atoms with Gasteiger partial charge in [-0.3, -0.25) is 5.10 Å². The van der Waals surface area contributed by atoms with Crippen molar-refractivity contribution in [2.75, 3.05) is 19.6 Å². The fraction of sp³-hybridized carbons (Fsp3) is 0.267. The van der Waals surface area contributed by atoms with E-state index in [1.165, 1.54) is 11.1 Å². The average Bonchev–Trinajstić information content (AvgIpc) is 3.43. The summed E-state index contributed by atoms with van der Waals surface area (Å²) in [5, 5.41) is 15.7. The molecule has 1 saturated heterocycles. The minimum Gasteiger partial charge on any atom is -0.475 e. The SMILES string of the molecule is Fc1ccc(C2CN(CCc3ccccc3)CCC2c2cc(-c3ccc(Cl)cc3)n[nH]2)cc1.O=C(O)C(F)(F)F. The number of nitrogens with zero attached hydrogens (tertiary/aromatic N) is 2. The highest BCUT2D eigenvalue weighted by atomic mass is 35.5. The molecule has 40 heavy (non-hydrogen) atoms. The smallest absolute Gasteiger partial charge is 0.475 e. The summed E-state index contributed by atoms with van der Waals surface area (Å²) in [6.07, 6.45) is -3.02. The standard InChI is InChI=1S/C28H27ClFN3.C2HF3O2/c29-23-10-6-22(7-11-23)27-18-28(32-31-27)25-15-17-33(16-14-20-4-2-1-3-5-20)19-26(25)21-8-12-24(30)13-9-21;3-2(4,5)1(6)7/h1-13,18,25-26H,14-17,19H2,(H,31,32);(H,6,7). The molecular formula is C30H28ClF4N3O2. The van der Waals surface area contributed by atoms with Gasteiger partial charge in [0.1, 0.15) is 5.82 Å². The molecule has 2 N–H and O–H groups in total. The highest BCUT2D eigenvalue weighted by Gasteiger charge is 2.38.